The maximum absolute atomic E-state index is 13.2. The van der Waals surface area contributed by atoms with Crippen molar-refractivity contribution in [3.63, 3.8) is 0 Å². The molecule has 2 N–H and O–H groups in total. The molecule has 1 aliphatic carbocycles. The summed E-state index contributed by atoms with van der Waals surface area (Å²) in [5.74, 6) is 1.44. The summed E-state index contributed by atoms with van der Waals surface area (Å²) in [6.45, 7) is 5.31. The smallest absolute Gasteiger partial charge is 0.243 e. The SMILES string of the molecule is CN=C(NCCCOCC1CC1)NCc1ccccc1S(=O)(=O)N1CCN(C)CC1.I. The van der Waals surface area contributed by atoms with Crippen LogP contribution in [0.1, 0.15) is 24.8 Å². The van der Waals surface area contributed by atoms with Gasteiger partial charge in [0, 0.05) is 59.5 Å². The number of piperazine rings is 1. The summed E-state index contributed by atoms with van der Waals surface area (Å²) in [4.78, 5) is 6.75. The monoisotopic (exact) mass is 565 g/mol. The highest BCUT2D eigenvalue weighted by atomic mass is 127. The molecular weight excluding hydrogens is 529 g/mol. The Morgan fingerprint density at radius 2 is 1.87 bits per heavy atom. The minimum Gasteiger partial charge on any atom is -0.381 e. The molecule has 3 rings (SSSR count). The molecular formula is C21H36IN5O3S. The summed E-state index contributed by atoms with van der Waals surface area (Å²) >= 11 is 0. The van der Waals surface area contributed by atoms with Crippen molar-refractivity contribution in [1.29, 1.82) is 0 Å². The Balaban J connectivity index is 0.00000341. The normalized spacial score (nSPS) is 18.5. The van der Waals surface area contributed by atoms with Gasteiger partial charge in [-0.15, -0.1) is 24.0 Å². The van der Waals surface area contributed by atoms with Crippen molar-refractivity contribution >= 4 is 40.0 Å². The van der Waals surface area contributed by atoms with E-state index in [0.717, 1.165) is 50.8 Å². The topological polar surface area (TPSA) is 86.3 Å². The first-order chi connectivity index (χ1) is 14.5. The van der Waals surface area contributed by atoms with Gasteiger partial charge in [0.1, 0.15) is 0 Å². The summed E-state index contributed by atoms with van der Waals surface area (Å²) in [6, 6.07) is 7.20. The van der Waals surface area contributed by atoms with Gasteiger partial charge in [-0.3, -0.25) is 4.99 Å². The molecule has 2 fully saturated rings. The quantitative estimate of drug-likeness (QED) is 0.195. The maximum Gasteiger partial charge on any atom is 0.243 e. The van der Waals surface area contributed by atoms with Crippen molar-refractivity contribution in [3.05, 3.63) is 29.8 Å². The van der Waals surface area contributed by atoms with Gasteiger partial charge < -0.3 is 20.3 Å². The van der Waals surface area contributed by atoms with E-state index >= 15 is 0 Å². The van der Waals surface area contributed by atoms with Gasteiger partial charge in [-0.25, -0.2) is 8.42 Å². The third-order valence-corrected chi connectivity index (χ3v) is 7.53. The van der Waals surface area contributed by atoms with E-state index in [4.69, 9.17) is 4.74 Å². The predicted molar refractivity (Wildman–Crippen MR) is 134 cm³/mol. The van der Waals surface area contributed by atoms with Crippen LogP contribution in [0.25, 0.3) is 0 Å². The zero-order chi connectivity index (χ0) is 21.4. The third-order valence-electron chi connectivity index (χ3n) is 5.53. The van der Waals surface area contributed by atoms with Crippen LogP contribution in [0.3, 0.4) is 0 Å². The molecule has 0 amide bonds. The summed E-state index contributed by atoms with van der Waals surface area (Å²) in [7, 11) is 0.218. The van der Waals surface area contributed by atoms with Gasteiger partial charge >= 0.3 is 0 Å². The Kier molecular flexibility index (Phi) is 11.0. The highest BCUT2D eigenvalue weighted by Gasteiger charge is 2.29. The minimum atomic E-state index is -3.51. The van der Waals surface area contributed by atoms with Crippen molar-refractivity contribution in [2.45, 2.75) is 30.7 Å². The van der Waals surface area contributed by atoms with Crippen LogP contribution in [0.2, 0.25) is 0 Å². The number of benzene rings is 1. The van der Waals surface area contributed by atoms with E-state index in [1.807, 2.05) is 19.2 Å². The van der Waals surface area contributed by atoms with Crippen LogP contribution >= 0.6 is 24.0 Å². The fourth-order valence-corrected chi connectivity index (χ4v) is 5.03. The second-order valence-electron chi connectivity index (χ2n) is 8.04. The number of likely N-dealkylation sites (N-methyl/N-ethyl adjacent to an activating group) is 1. The van der Waals surface area contributed by atoms with Gasteiger partial charge in [0.25, 0.3) is 0 Å². The first kappa shape index (κ1) is 26.3. The highest BCUT2D eigenvalue weighted by Crippen LogP contribution is 2.28. The van der Waals surface area contributed by atoms with Gasteiger partial charge in [-0.05, 0) is 43.9 Å². The van der Waals surface area contributed by atoms with Gasteiger partial charge in [0.15, 0.2) is 5.96 Å². The van der Waals surface area contributed by atoms with Crippen molar-refractivity contribution in [1.82, 2.24) is 19.8 Å². The summed E-state index contributed by atoms with van der Waals surface area (Å²) in [5.41, 5.74) is 0.743. The number of hydrogen-bond acceptors (Lipinski definition) is 5. The zero-order valence-electron chi connectivity index (χ0n) is 18.5. The van der Waals surface area contributed by atoms with Gasteiger partial charge in [0.2, 0.25) is 10.0 Å². The standard InChI is InChI=1S/C21H35N5O3S.HI/c1-22-21(23-10-5-15-29-17-18-8-9-18)24-16-19-6-3-4-7-20(19)30(27,28)26-13-11-25(2)12-14-26;/h3-4,6-7,18H,5,8-17H2,1-2H3,(H2,22,23,24);1H. The molecule has 0 unspecified atom stereocenters. The molecule has 10 heteroatoms. The van der Waals surface area contributed by atoms with Crippen LogP contribution < -0.4 is 10.6 Å². The van der Waals surface area contributed by atoms with Crippen LogP contribution in [0.5, 0.6) is 0 Å². The molecule has 31 heavy (non-hydrogen) atoms. The Morgan fingerprint density at radius 1 is 1.16 bits per heavy atom. The van der Waals surface area contributed by atoms with Gasteiger partial charge in [-0.2, -0.15) is 4.31 Å². The molecule has 1 saturated carbocycles. The molecule has 0 bridgehead atoms. The lowest BCUT2D eigenvalue weighted by molar-refractivity contribution is 0.123. The molecule has 0 radical (unpaired) electrons. The summed E-state index contributed by atoms with van der Waals surface area (Å²) < 4.78 is 33.6. The molecule has 8 nitrogen and oxygen atoms in total. The van der Waals surface area contributed by atoms with Gasteiger partial charge in [0.05, 0.1) is 4.90 Å². The largest absolute Gasteiger partial charge is 0.381 e. The molecule has 0 aromatic heterocycles. The van der Waals surface area contributed by atoms with Gasteiger partial charge in [-0.1, -0.05) is 18.2 Å². The number of ether oxygens (including phenoxy) is 1. The molecule has 2 aliphatic rings. The van der Waals surface area contributed by atoms with Crippen LogP contribution in [-0.2, 0) is 21.3 Å². The van der Waals surface area contributed by atoms with E-state index in [2.05, 4.69) is 20.5 Å². The molecule has 1 aromatic rings. The van der Waals surface area contributed by atoms with Crippen LogP contribution in [-0.4, -0.2) is 83.6 Å². The van der Waals surface area contributed by atoms with E-state index in [9.17, 15) is 8.42 Å². The van der Waals surface area contributed by atoms with Crippen LogP contribution in [0.4, 0.5) is 0 Å². The second-order valence-corrected chi connectivity index (χ2v) is 9.95. The Bertz CT molecular complexity index is 809. The van der Waals surface area contributed by atoms with E-state index < -0.39 is 10.0 Å². The summed E-state index contributed by atoms with van der Waals surface area (Å²) in [6.07, 6.45) is 3.52. The van der Waals surface area contributed by atoms with Crippen molar-refractivity contribution in [2.75, 3.05) is 60.0 Å². The molecule has 0 spiro atoms. The number of hydrogen-bond donors (Lipinski definition) is 2. The maximum atomic E-state index is 13.2. The third kappa shape index (κ3) is 8.16. The zero-order valence-corrected chi connectivity index (χ0v) is 21.7. The van der Waals surface area contributed by atoms with Crippen molar-refractivity contribution in [3.8, 4) is 0 Å². The average Bonchev–Trinajstić information content (AvgIpc) is 3.57. The number of nitrogens with zero attached hydrogens (tertiary/aromatic N) is 3. The first-order valence-corrected chi connectivity index (χ1v) is 12.2. The van der Waals surface area contributed by atoms with E-state index in [-0.39, 0.29) is 24.0 Å². The van der Waals surface area contributed by atoms with E-state index in [0.29, 0.717) is 30.5 Å². The number of sulfonamides is 1. The number of halogens is 1. The van der Waals surface area contributed by atoms with E-state index in [1.165, 1.54) is 12.8 Å². The molecule has 1 heterocycles. The molecule has 176 valence electrons. The minimum absolute atomic E-state index is 0. The average molecular weight is 566 g/mol. The van der Waals surface area contributed by atoms with E-state index in [1.54, 1.807) is 23.5 Å². The van der Waals surface area contributed by atoms with Crippen molar-refractivity contribution < 1.29 is 13.2 Å². The number of nitrogens with one attached hydrogen (secondary N) is 2. The molecule has 1 aliphatic heterocycles. The van der Waals surface area contributed by atoms with Crippen molar-refractivity contribution in [2.24, 2.45) is 10.9 Å². The number of guanidine groups is 1. The Labute approximate surface area is 203 Å². The fraction of sp³-hybridized carbons (Fsp3) is 0.667. The summed E-state index contributed by atoms with van der Waals surface area (Å²) in [5, 5.41) is 6.50. The Morgan fingerprint density at radius 3 is 2.55 bits per heavy atom. The highest BCUT2D eigenvalue weighted by molar-refractivity contribution is 14.0. The first-order valence-electron chi connectivity index (χ1n) is 10.8. The Hall–Kier alpha value is -0.950. The fourth-order valence-electron chi connectivity index (χ4n) is 3.38. The lowest BCUT2D eigenvalue weighted by Gasteiger charge is -2.32. The predicted octanol–water partition coefficient (Wildman–Crippen LogP) is 1.72. The van der Waals surface area contributed by atoms with Crippen LogP contribution in [0, 0.1) is 5.92 Å². The lowest BCUT2D eigenvalue weighted by atomic mass is 10.2. The molecule has 0 atom stereocenters. The number of aliphatic imine (C=N–C) groups is 1. The lowest BCUT2D eigenvalue weighted by Crippen LogP contribution is -2.47. The molecule has 1 aromatic carbocycles. The molecule has 1 saturated heterocycles. The second kappa shape index (κ2) is 12.9. The number of rotatable bonds is 10. The van der Waals surface area contributed by atoms with Crippen LogP contribution in [0.15, 0.2) is 34.2 Å².